The summed E-state index contributed by atoms with van der Waals surface area (Å²) in [6, 6.07) is 1.86. The van der Waals surface area contributed by atoms with Crippen LogP contribution in [0.2, 0.25) is 0 Å². The first-order chi connectivity index (χ1) is 8.16. The Balaban J connectivity index is 1.71. The second-order valence-electron chi connectivity index (χ2n) is 6.05. The molecule has 100 valence electrons. The third-order valence-electron chi connectivity index (χ3n) is 4.60. The van der Waals surface area contributed by atoms with E-state index in [1.807, 2.05) is 0 Å². The van der Waals surface area contributed by atoms with E-state index in [-0.39, 0.29) is 0 Å². The van der Waals surface area contributed by atoms with E-state index in [4.69, 9.17) is 4.74 Å². The van der Waals surface area contributed by atoms with Gasteiger partial charge in [0.15, 0.2) is 0 Å². The molecule has 5 unspecified atom stereocenters. The van der Waals surface area contributed by atoms with Crippen molar-refractivity contribution in [3.05, 3.63) is 0 Å². The van der Waals surface area contributed by atoms with E-state index in [1.54, 1.807) is 0 Å². The topological polar surface area (TPSA) is 33.3 Å². The Morgan fingerprint density at radius 1 is 1.35 bits per heavy atom. The SMILES string of the molecule is CC(CC1COCCN1)NC1CCC(C)C1C. The van der Waals surface area contributed by atoms with Gasteiger partial charge in [0, 0.05) is 24.7 Å². The number of ether oxygens (including phenoxy) is 1. The highest BCUT2D eigenvalue weighted by Gasteiger charge is 2.30. The number of morpholine rings is 1. The molecule has 1 saturated carbocycles. The van der Waals surface area contributed by atoms with Gasteiger partial charge in [-0.1, -0.05) is 13.8 Å². The third kappa shape index (κ3) is 3.67. The fourth-order valence-electron chi connectivity index (χ4n) is 3.23. The Labute approximate surface area is 106 Å². The molecule has 0 aromatic heterocycles. The molecule has 1 aliphatic carbocycles. The average molecular weight is 240 g/mol. The summed E-state index contributed by atoms with van der Waals surface area (Å²) in [6.07, 6.45) is 3.91. The van der Waals surface area contributed by atoms with Gasteiger partial charge in [-0.15, -0.1) is 0 Å². The molecule has 17 heavy (non-hydrogen) atoms. The lowest BCUT2D eigenvalue weighted by Gasteiger charge is -2.29. The minimum Gasteiger partial charge on any atom is -0.379 e. The molecule has 3 heteroatoms. The van der Waals surface area contributed by atoms with Crippen LogP contribution in [0.3, 0.4) is 0 Å². The Kier molecular flexibility index (Phi) is 4.83. The van der Waals surface area contributed by atoms with Crippen LogP contribution in [0.1, 0.15) is 40.0 Å². The predicted molar refractivity (Wildman–Crippen MR) is 71.2 cm³/mol. The van der Waals surface area contributed by atoms with Crippen molar-refractivity contribution in [2.45, 2.75) is 58.2 Å². The number of hydrogen-bond donors (Lipinski definition) is 2. The predicted octanol–water partition coefficient (Wildman–Crippen LogP) is 1.78. The van der Waals surface area contributed by atoms with Gasteiger partial charge in [0.1, 0.15) is 0 Å². The lowest BCUT2D eigenvalue weighted by molar-refractivity contribution is 0.0705. The standard InChI is InChI=1S/C14H28N2O/c1-10-4-5-14(12(10)3)16-11(2)8-13-9-17-7-6-15-13/h10-16H,4-9H2,1-3H3. The van der Waals surface area contributed by atoms with Crippen molar-refractivity contribution >= 4 is 0 Å². The molecule has 0 spiro atoms. The summed E-state index contributed by atoms with van der Waals surface area (Å²) in [5, 5.41) is 7.34. The van der Waals surface area contributed by atoms with E-state index >= 15 is 0 Å². The second-order valence-corrected chi connectivity index (χ2v) is 6.05. The molecule has 0 aromatic carbocycles. The van der Waals surface area contributed by atoms with Crippen molar-refractivity contribution in [2.75, 3.05) is 19.8 Å². The summed E-state index contributed by atoms with van der Waals surface area (Å²) in [6.45, 7) is 9.84. The monoisotopic (exact) mass is 240 g/mol. The molecular formula is C14H28N2O. The van der Waals surface area contributed by atoms with Crippen LogP contribution in [0.5, 0.6) is 0 Å². The molecule has 1 heterocycles. The van der Waals surface area contributed by atoms with Gasteiger partial charge in [0.05, 0.1) is 13.2 Å². The van der Waals surface area contributed by atoms with Crippen LogP contribution in [0.25, 0.3) is 0 Å². The lowest BCUT2D eigenvalue weighted by Crippen LogP contribution is -2.47. The first-order valence-corrected chi connectivity index (χ1v) is 7.24. The van der Waals surface area contributed by atoms with E-state index < -0.39 is 0 Å². The number of hydrogen-bond acceptors (Lipinski definition) is 3. The highest BCUT2D eigenvalue weighted by atomic mass is 16.5. The van der Waals surface area contributed by atoms with Crippen molar-refractivity contribution in [1.82, 2.24) is 10.6 Å². The van der Waals surface area contributed by atoms with Gasteiger partial charge < -0.3 is 15.4 Å². The Morgan fingerprint density at radius 3 is 2.76 bits per heavy atom. The summed E-state index contributed by atoms with van der Waals surface area (Å²) < 4.78 is 5.50. The van der Waals surface area contributed by atoms with Crippen molar-refractivity contribution < 1.29 is 4.74 Å². The summed E-state index contributed by atoms with van der Waals surface area (Å²) >= 11 is 0. The van der Waals surface area contributed by atoms with Gasteiger partial charge in [0.25, 0.3) is 0 Å². The first-order valence-electron chi connectivity index (χ1n) is 7.24. The van der Waals surface area contributed by atoms with Gasteiger partial charge in [-0.3, -0.25) is 0 Å². The smallest absolute Gasteiger partial charge is 0.0620 e. The molecule has 0 radical (unpaired) electrons. The zero-order valence-electron chi connectivity index (χ0n) is 11.5. The fourth-order valence-corrected chi connectivity index (χ4v) is 3.23. The quantitative estimate of drug-likeness (QED) is 0.786. The Bertz CT molecular complexity index is 228. The van der Waals surface area contributed by atoms with Crippen molar-refractivity contribution in [3.63, 3.8) is 0 Å². The first kappa shape index (κ1) is 13.3. The van der Waals surface area contributed by atoms with Gasteiger partial charge >= 0.3 is 0 Å². The summed E-state index contributed by atoms with van der Waals surface area (Å²) in [5.41, 5.74) is 0. The molecule has 1 saturated heterocycles. The molecular weight excluding hydrogens is 212 g/mol. The number of nitrogens with one attached hydrogen (secondary N) is 2. The van der Waals surface area contributed by atoms with E-state index in [0.29, 0.717) is 12.1 Å². The maximum absolute atomic E-state index is 5.50. The maximum atomic E-state index is 5.50. The third-order valence-corrected chi connectivity index (χ3v) is 4.60. The minimum absolute atomic E-state index is 0.542. The summed E-state index contributed by atoms with van der Waals surface area (Å²) in [7, 11) is 0. The number of rotatable bonds is 4. The molecule has 3 nitrogen and oxygen atoms in total. The summed E-state index contributed by atoms with van der Waals surface area (Å²) in [5.74, 6) is 1.71. The van der Waals surface area contributed by atoms with Gasteiger partial charge in [-0.2, -0.15) is 0 Å². The van der Waals surface area contributed by atoms with Gasteiger partial charge in [-0.25, -0.2) is 0 Å². The highest BCUT2D eigenvalue weighted by molar-refractivity contribution is 4.87. The van der Waals surface area contributed by atoms with Crippen LogP contribution in [-0.4, -0.2) is 37.9 Å². The van der Waals surface area contributed by atoms with Crippen LogP contribution < -0.4 is 10.6 Å². The van der Waals surface area contributed by atoms with E-state index in [2.05, 4.69) is 31.4 Å². The van der Waals surface area contributed by atoms with Gasteiger partial charge in [-0.05, 0) is 38.0 Å². The highest BCUT2D eigenvalue weighted by Crippen LogP contribution is 2.31. The minimum atomic E-state index is 0.542. The van der Waals surface area contributed by atoms with Crippen LogP contribution in [-0.2, 0) is 4.74 Å². The molecule has 1 aliphatic heterocycles. The van der Waals surface area contributed by atoms with E-state index in [0.717, 1.165) is 37.6 Å². The van der Waals surface area contributed by atoms with Crippen LogP contribution in [0.4, 0.5) is 0 Å². The molecule has 2 rings (SSSR count). The fraction of sp³-hybridized carbons (Fsp3) is 1.00. The van der Waals surface area contributed by atoms with Crippen LogP contribution in [0, 0.1) is 11.8 Å². The van der Waals surface area contributed by atoms with Crippen LogP contribution in [0.15, 0.2) is 0 Å². The zero-order chi connectivity index (χ0) is 12.3. The molecule has 2 N–H and O–H groups in total. The molecule has 5 atom stereocenters. The largest absolute Gasteiger partial charge is 0.379 e. The zero-order valence-corrected chi connectivity index (χ0v) is 11.5. The average Bonchev–Trinajstić information content (AvgIpc) is 2.62. The lowest BCUT2D eigenvalue weighted by atomic mass is 9.96. The maximum Gasteiger partial charge on any atom is 0.0620 e. The Hall–Kier alpha value is -0.120. The van der Waals surface area contributed by atoms with Crippen molar-refractivity contribution in [3.8, 4) is 0 Å². The molecule has 0 aromatic rings. The van der Waals surface area contributed by atoms with Crippen LogP contribution >= 0.6 is 0 Å². The molecule has 2 fully saturated rings. The molecule has 2 aliphatic rings. The van der Waals surface area contributed by atoms with Crippen molar-refractivity contribution in [2.24, 2.45) is 11.8 Å². The Morgan fingerprint density at radius 2 is 2.18 bits per heavy atom. The normalized spacial score (nSPS) is 40.4. The molecule has 0 bridgehead atoms. The summed E-state index contributed by atoms with van der Waals surface area (Å²) in [4.78, 5) is 0. The molecule has 0 amide bonds. The van der Waals surface area contributed by atoms with Gasteiger partial charge in [0.2, 0.25) is 0 Å². The second kappa shape index (κ2) is 6.17. The van der Waals surface area contributed by atoms with E-state index in [9.17, 15) is 0 Å². The van der Waals surface area contributed by atoms with E-state index in [1.165, 1.54) is 19.3 Å². The van der Waals surface area contributed by atoms with Crippen molar-refractivity contribution in [1.29, 1.82) is 0 Å².